The van der Waals surface area contributed by atoms with Gasteiger partial charge in [0.05, 0.1) is 12.2 Å². The number of benzene rings is 2. The molecular formula is C29H34N4O5. The number of urea groups is 1. The van der Waals surface area contributed by atoms with Crippen LogP contribution in [0.15, 0.2) is 79.1 Å². The molecule has 0 aliphatic carbocycles. The molecule has 1 aromatic heterocycles. The summed E-state index contributed by atoms with van der Waals surface area (Å²) in [7, 11) is 0. The number of piperazine rings is 1. The third kappa shape index (κ3) is 7.86. The molecule has 0 radical (unpaired) electrons. The van der Waals surface area contributed by atoms with E-state index in [-0.39, 0.29) is 25.2 Å². The molecule has 9 heteroatoms. The van der Waals surface area contributed by atoms with Gasteiger partial charge in [-0.25, -0.2) is 9.59 Å². The molecule has 200 valence electrons. The Hall–Kier alpha value is -4.27. The van der Waals surface area contributed by atoms with Gasteiger partial charge in [0.1, 0.15) is 30.3 Å². The van der Waals surface area contributed by atoms with E-state index in [0.717, 1.165) is 5.56 Å². The standard InChI is InChI=1S/C29H34N4O5/c1-29(2,3)38-28(35)32-16-17-33(24(19-32)21-37-26-10-7-15-30-18-26)27(34)31-23-11-13-25(14-12-23)36-20-22-8-5-4-6-9-22/h4-15,18,24H,16-17,19-21H2,1-3H3,(H,31,34)/t24-/m1/s1. The fourth-order valence-corrected chi connectivity index (χ4v) is 3.95. The summed E-state index contributed by atoms with van der Waals surface area (Å²) in [6.07, 6.45) is 2.87. The zero-order chi connectivity index (χ0) is 27.0. The molecule has 0 bridgehead atoms. The van der Waals surface area contributed by atoms with Crippen LogP contribution in [0.25, 0.3) is 0 Å². The van der Waals surface area contributed by atoms with E-state index >= 15 is 0 Å². The number of ether oxygens (including phenoxy) is 3. The number of hydrogen-bond acceptors (Lipinski definition) is 6. The van der Waals surface area contributed by atoms with E-state index < -0.39 is 11.7 Å². The molecule has 0 unspecified atom stereocenters. The number of nitrogens with zero attached hydrogens (tertiary/aromatic N) is 3. The summed E-state index contributed by atoms with van der Waals surface area (Å²) >= 11 is 0. The van der Waals surface area contributed by atoms with Crippen molar-refractivity contribution in [1.82, 2.24) is 14.8 Å². The van der Waals surface area contributed by atoms with Crippen LogP contribution in [0.4, 0.5) is 15.3 Å². The molecule has 2 heterocycles. The van der Waals surface area contributed by atoms with E-state index in [9.17, 15) is 9.59 Å². The Labute approximate surface area is 223 Å². The first kappa shape index (κ1) is 26.8. The number of carbonyl (C=O) groups is 2. The third-order valence-corrected chi connectivity index (χ3v) is 5.83. The first-order valence-electron chi connectivity index (χ1n) is 12.6. The van der Waals surface area contributed by atoms with Gasteiger partial charge >= 0.3 is 12.1 Å². The van der Waals surface area contributed by atoms with Gasteiger partial charge < -0.3 is 29.3 Å². The highest BCUT2D eigenvalue weighted by atomic mass is 16.6. The molecule has 1 fully saturated rings. The van der Waals surface area contributed by atoms with Crippen molar-refractivity contribution in [2.24, 2.45) is 0 Å². The Kier molecular flexibility index (Phi) is 8.68. The lowest BCUT2D eigenvalue weighted by Gasteiger charge is -2.41. The predicted molar refractivity (Wildman–Crippen MR) is 144 cm³/mol. The van der Waals surface area contributed by atoms with Crippen molar-refractivity contribution < 1.29 is 23.8 Å². The second kappa shape index (κ2) is 12.3. The molecule has 3 amide bonds. The molecular weight excluding hydrogens is 484 g/mol. The maximum atomic E-state index is 13.3. The van der Waals surface area contributed by atoms with E-state index in [0.29, 0.717) is 36.9 Å². The lowest BCUT2D eigenvalue weighted by molar-refractivity contribution is 0.00538. The summed E-state index contributed by atoms with van der Waals surface area (Å²) < 4.78 is 17.3. The van der Waals surface area contributed by atoms with Crippen molar-refractivity contribution in [3.63, 3.8) is 0 Å². The van der Waals surface area contributed by atoms with Crippen LogP contribution in [0.3, 0.4) is 0 Å². The Balaban J connectivity index is 1.38. The first-order chi connectivity index (χ1) is 18.3. The number of hydrogen-bond donors (Lipinski definition) is 1. The smallest absolute Gasteiger partial charge is 0.410 e. The van der Waals surface area contributed by atoms with E-state index in [2.05, 4.69) is 10.3 Å². The monoisotopic (exact) mass is 518 g/mol. The second-order valence-electron chi connectivity index (χ2n) is 10.0. The number of carbonyl (C=O) groups excluding carboxylic acids is 2. The van der Waals surface area contributed by atoms with E-state index in [1.807, 2.05) is 63.2 Å². The minimum Gasteiger partial charge on any atom is -0.490 e. The number of nitrogens with one attached hydrogen (secondary N) is 1. The number of anilines is 1. The number of pyridine rings is 1. The summed E-state index contributed by atoms with van der Waals surface area (Å²) in [6.45, 7) is 7.13. The fourth-order valence-electron chi connectivity index (χ4n) is 3.95. The fraction of sp³-hybridized carbons (Fsp3) is 0.345. The van der Waals surface area contributed by atoms with E-state index in [1.165, 1.54) is 0 Å². The third-order valence-electron chi connectivity index (χ3n) is 5.83. The average molecular weight is 519 g/mol. The molecule has 1 saturated heterocycles. The SMILES string of the molecule is CC(C)(C)OC(=O)N1CCN(C(=O)Nc2ccc(OCc3ccccc3)cc2)[C@@H](COc2cccnc2)C1. The van der Waals surface area contributed by atoms with Gasteiger partial charge in [-0.05, 0) is 62.7 Å². The predicted octanol–water partition coefficient (Wildman–Crippen LogP) is 5.19. The lowest BCUT2D eigenvalue weighted by atomic mass is 10.2. The molecule has 3 aromatic rings. The van der Waals surface area contributed by atoms with Gasteiger partial charge in [-0.3, -0.25) is 4.98 Å². The summed E-state index contributed by atoms with van der Waals surface area (Å²) in [5.41, 5.74) is 1.11. The van der Waals surface area contributed by atoms with Gasteiger partial charge in [0, 0.05) is 31.5 Å². The normalized spacial score (nSPS) is 15.5. The van der Waals surface area contributed by atoms with E-state index in [1.54, 1.807) is 46.5 Å². The van der Waals surface area contributed by atoms with Crippen LogP contribution in [0.2, 0.25) is 0 Å². The highest BCUT2D eigenvalue weighted by molar-refractivity contribution is 5.89. The molecule has 4 rings (SSSR count). The van der Waals surface area contributed by atoms with Crippen molar-refractivity contribution in [2.45, 2.75) is 39.0 Å². The Morgan fingerprint density at radius 3 is 2.39 bits per heavy atom. The van der Waals surface area contributed by atoms with Gasteiger partial charge in [0.2, 0.25) is 0 Å². The summed E-state index contributed by atoms with van der Waals surface area (Å²) in [5, 5.41) is 2.95. The molecule has 9 nitrogen and oxygen atoms in total. The molecule has 1 N–H and O–H groups in total. The van der Waals surface area contributed by atoms with Crippen LogP contribution in [0.1, 0.15) is 26.3 Å². The second-order valence-corrected chi connectivity index (χ2v) is 10.0. The van der Waals surface area contributed by atoms with Crippen molar-refractivity contribution in [1.29, 1.82) is 0 Å². The number of aromatic nitrogens is 1. The largest absolute Gasteiger partial charge is 0.490 e. The van der Waals surface area contributed by atoms with Crippen LogP contribution in [0.5, 0.6) is 11.5 Å². The molecule has 1 atom stereocenters. The van der Waals surface area contributed by atoms with Crippen LogP contribution < -0.4 is 14.8 Å². The number of rotatable bonds is 7. The minimum absolute atomic E-state index is 0.199. The minimum atomic E-state index is -0.607. The molecule has 0 spiro atoms. The molecule has 0 saturated carbocycles. The lowest BCUT2D eigenvalue weighted by Crippen LogP contribution is -2.59. The average Bonchev–Trinajstić information content (AvgIpc) is 2.91. The Morgan fingerprint density at radius 1 is 0.947 bits per heavy atom. The van der Waals surface area contributed by atoms with Gasteiger partial charge in [-0.15, -0.1) is 0 Å². The maximum absolute atomic E-state index is 13.3. The molecule has 1 aliphatic rings. The summed E-state index contributed by atoms with van der Waals surface area (Å²) in [6, 6.07) is 20.1. The quantitative estimate of drug-likeness (QED) is 0.463. The maximum Gasteiger partial charge on any atom is 0.410 e. The van der Waals surface area contributed by atoms with Crippen LogP contribution >= 0.6 is 0 Å². The Bertz CT molecular complexity index is 1180. The van der Waals surface area contributed by atoms with Crippen molar-refractivity contribution in [3.05, 3.63) is 84.7 Å². The van der Waals surface area contributed by atoms with Gasteiger partial charge in [0.25, 0.3) is 0 Å². The molecule has 38 heavy (non-hydrogen) atoms. The van der Waals surface area contributed by atoms with Crippen molar-refractivity contribution in [2.75, 3.05) is 31.6 Å². The summed E-state index contributed by atoms with van der Waals surface area (Å²) in [4.78, 5) is 33.3. The zero-order valence-electron chi connectivity index (χ0n) is 22.0. The van der Waals surface area contributed by atoms with Crippen molar-refractivity contribution >= 4 is 17.8 Å². The Morgan fingerprint density at radius 2 is 1.71 bits per heavy atom. The van der Waals surface area contributed by atoms with E-state index in [4.69, 9.17) is 14.2 Å². The molecule has 1 aliphatic heterocycles. The van der Waals surface area contributed by atoms with Gasteiger partial charge in [-0.2, -0.15) is 0 Å². The highest BCUT2D eigenvalue weighted by Crippen LogP contribution is 2.20. The summed E-state index contributed by atoms with van der Waals surface area (Å²) in [5.74, 6) is 1.30. The molecule has 2 aromatic carbocycles. The van der Waals surface area contributed by atoms with Crippen LogP contribution in [0, 0.1) is 0 Å². The number of amides is 3. The zero-order valence-corrected chi connectivity index (χ0v) is 22.0. The van der Waals surface area contributed by atoms with Crippen LogP contribution in [-0.2, 0) is 11.3 Å². The van der Waals surface area contributed by atoms with Crippen LogP contribution in [-0.4, -0.2) is 64.8 Å². The highest BCUT2D eigenvalue weighted by Gasteiger charge is 2.35. The topological polar surface area (TPSA) is 93.2 Å². The van der Waals surface area contributed by atoms with Gasteiger partial charge in [0.15, 0.2) is 0 Å². The first-order valence-corrected chi connectivity index (χ1v) is 12.6. The van der Waals surface area contributed by atoms with Crippen molar-refractivity contribution in [3.8, 4) is 11.5 Å². The van der Waals surface area contributed by atoms with Gasteiger partial charge in [-0.1, -0.05) is 30.3 Å².